The lowest BCUT2D eigenvalue weighted by atomic mass is 10.0. The number of amides is 2. The summed E-state index contributed by atoms with van der Waals surface area (Å²) in [5.41, 5.74) is 2.88. The van der Waals surface area contributed by atoms with Crippen LogP contribution in [0.25, 0.3) is 0 Å². The highest BCUT2D eigenvalue weighted by Crippen LogP contribution is 2.34. The van der Waals surface area contributed by atoms with Crippen molar-refractivity contribution in [2.45, 2.75) is 39.3 Å². The molecule has 0 aliphatic carbocycles. The number of sulfonamides is 1. The molecule has 1 atom stereocenters. The molecule has 9 nitrogen and oxygen atoms in total. The largest absolute Gasteiger partial charge is 0.497 e. The van der Waals surface area contributed by atoms with Crippen molar-refractivity contribution in [3.8, 4) is 11.5 Å². The Morgan fingerprint density at radius 2 is 1.63 bits per heavy atom. The molecule has 0 saturated carbocycles. The fraction of sp³-hybridized carbons (Fsp3) is 0.355. The molecule has 0 aromatic heterocycles. The average molecular weight is 582 g/mol. The van der Waals surface area contributed by atoms with Gasteiger partial charge in [0.15, 0.2) is 0 Å². The van der Waals surface area contributed by atoms with Crippen LogP contribution in [-0.4, -0.2) is 64.7 Å². The Labute approximate surface area is 243 Å². The summed E-state index contributed by atoms with van der Waals surface area (Å²) < 4.78 is 37.8. The van der Waals surface area contributed by atoms with Gasteiger partial charge in [0, 0.05) is 25.6 Å². The van der Waals surface area contributed by atoms with E-state index in [0.717, 1.165) is 33.7 Å². The Hall–Kier alpha value is -4.05. The predicted octanol–water partition coefficient (Wildman–Crippen LogP) is 3.94. The monoisotopic (exact) mass is 581 g/mol. The molecule has 0 radical (unpaired) electrons. The highest BCUT2D eigenvalue weighted by atomic mass is 32.2. The van der Waals surface area contributed by atoms with Crippen molar-refractivity contribution in [2.75, 3.05) is 37.9 Å². The van der Waals surface area contributed by atoms with E-state index in [1.54, 1.807) is 12.1 Å². The number of methoxy groups -OCH3 is 2. The zero-order valence-corrected chi connectivity index (χ0v) is 25.1. The van der Waals surface area contributed by atoms with Gasteiger partial charge in [-0.15, -0.1) is 0 Å². The van der Waals surface area contributed by atoms with Gasteiger partial charge in [-0.2, -0.15) is 0 Å². The normalized spacial score (nSPS) is 11.8. The Bertz CT molecular complexity index is 1430. The molecule has 0 saturated heterocycles. The van der Waals surface area contributed by atoms with Crippen LogP contribution in [0.1, 0.15) is 30.0 Å². The fourth-order valence-electron chi connectivity index (χ4n) is 4.48. The summed E-state index contributed by atoms with van der Waals surface area (Å²) in [4.78, 5) is 29.3. The molecule has 3 aromatic carbocycles. The minimum Gasteiger partial charge on any atom is -0.497 e. The quantitative estimate of drug-likeness (QED) is 0.309. The number of aryl methyl sites for hydroxylation is 1. The van der Waals surface area contributed by atoms with Crippen LogP contribution >= 0.6 is 0 Å². The number of rotatable bonds is 14. The third-order valence-electron chi connectivity index (χ3n) is 6.76. The predicted molar refractivity (Wildman–Crippen MR) is 161 cm³/mol. The number of anilines is 1. The number of ether oxygens (including phenoxy) is 2. The van der Waals surface area contributed by atoms with E-state index in [9.17, 15) is 18.0 Å². The first-order valence-corrected chi connectivity index (χ1v) is 15.3. The smallest absolute Gasteiger partial charge is 0.244 e. The molecule has 0 fully saturated rings. The highest BCUT2D eigenvalue weighted by Gasteiger charge is 2.34. The van der Waals surface area contributed by atoms with Gasteiger partial charge >= 0.3 is 0 Å². The second-order valence-electron chi connectivity index (χ2n) is 9.75. The van der Waals surface area contributed by atoms with Crippen LogP contribution in [0.15, 0.2) is 72.8 Å². The van der Waals surface area contributed by atoms with Crippen molar-refractivity contribution in [2.24, 2.45) is 0 Å². The van der Waals surface area contributed by atoms with Crippen molar-refractivity contribution in [1.29, 1.82) is 0 Å². The summed E-state index contributed by atoms with van der Waals surface area (Å²) in [5.74, 6) is -0.119. The minimum atomic E-state index is -3.93. The molecule has 0 unspecified atom stereocenters. The maximum Gasteiger partial charge on any atom is 0.244 e. The second-order valence-corrected chi connectivity index (χ2v) is 11.7. The molecule has 2 amide bonds. The molecule has 10 heteroatoms. The van der Waals surface area contributed by atoms with Gasteiger partial charge in [-0.3, -0.25) is 13.9 Å². The van der Waals surface area contributed by atoms with Crippen molar-refractivity contribution in [3.63, 3.8) is 0 Å². The molecule has 0 aliphatic rings. The minimum absolute atomic E-state index is 0.125. The van der Waals surface area contributed by atoms with Crippen molar-refractivity contribution in [1.82, 2.24) is 10.2 Å². The number of nitrogens with zero attached hydrogens (tertiary/aromatic N) is 2. The van der Waals surface area contributed by atoms with Crippen LogP contribution in [0.5, 0.6) is 11.5 Å². The molecule has 41 heavy (non-hydrogen) atoms. The summed E-state index contributed by atoms with van der Waals surface area (Å²) in [7, 11) is -1.03. The van der Waals surface area contributed by atoms with Crippen molar-refractivity contribution in [3.05, 3.63) is 89.5 Å². The SMILES string of the molecule is CCCNC(=O)[C@@H](Cc1ccccc1)N(Cc1ccccc1C)C(=O)CN(c1ccc(OC)cc1OC)S(C)(=O)=O. The Morgan fingerprint density at radius 3 is 2.24 bits per heavy atom. The van der Waals surface area contributed by atoms with E-state index in [0.29, 0.717) is 12.3 Å². The van der Waals surface area contributed by atoms with E-state index in [2.05, 4.69) is 5.32 Å². The topological polar surface area (TPSA) is 105 Å². The summed E-state index contributed by atoms with van der Waals surface area (Å²) >= 11 is 0. The Kier molecular flexibility index (Phi) is 11.2. The zero-order valence-electron chi connectivity index (χ0n) is 24.3. The van der Waals surface area contributed by atoms with Crippen LogP contribution in [0.4, 0.5) is 5.69 Å². The number of hydrogen-bond donors (Lipinski definition) is 1. The maximum absolute atomic E-state index is 14.2. The third kappa shape index (κ3) is 8.47. The lowest BCUT2D eigenvalue weighted by Gasteiger charge is -2.34. The van der Waals surface area contributed by atoms with Gasteiger partial charge in [0.1, 0.15) is 24.1 Å². The molecular weight excluding hydrogens is 542 g/mol. The molecule has 220 valence electrons. The van der Waals surface area contributed by atoms with Gasteiger partial charge < -0.3 is 19.7 Å². The summed E-state index contributed by atoms with van der Waals surface area (Å²) in [6.07, 6.45) is 2.03. The summed E-state index contributed by atoms with van der Waals surface area (Å²) in [6.45, 7) is 3.94. The van der Waals surface area contributed by atoms with Gasteiger partial charge in [0.25, 0.3) is 0 Å². The van der Waals surface area contributed by atoms with Gasteiger partial charge in [0.2, 0.25) is 21.8 Å². The molecular formula is C31H39N3O6S. The van der Waals surface area contributed by atoms with Crippen molar-refractivity contribution >= 4 is 27.5 Å². The molecule has 1 N–H and O–H groups in total. The maximum atomic E-state index is 14.2. The van der Waals surface area contributed by atoms with E-state index in [1.807, 2.05) is 68.4 Å². The van der Waals surface area contributed by atoms with E-state index in [4.69, 9.17) is 9.47 Å². The number of hydrogen-bond acceptors (Lipinski definition) is 6. The van der Waals surface area contributed by atoms with Gasteiger partial charge in [0.05, 0.1) is 26.2 Å². The molecule has 0 bridgehead atoms. The Balaban J connectivity index is 2.09. The van der Waals surface area contributed by atoms with Crippen molar-refractivity contribution < 1.29 is 27.5 Å². The second kappa shape index (κ2) is 14.5. The molecule has 3 rings (SSSR count). The average Bonchev–Trinajstić information content (AvgIpc) is 2.96. The van der Waals surface area contributed by atoms with Crippen LogP contribution in [0.3, 0.4) is 0 Å². The first-order valence-electron chi connectivity index (χ1n) is 13.4. The molecule has 0 heterocycles. The van der Waals surface area contributed by atoms with E-state index < -0.39 is 28.5 Å². The fourth-order valence-corrected chi connectivity index (χ4v) is 5.33. The number of carbonyl (C=O) groups excluding carboxylic acids is 2. The number of carbonyl (C=O) groups is 2. The van der Waals surface area contributed by atoms with Gasteiger partial charge in [-0.1, -0.05) is 61.5 Å². The lowest BCUT2D eigenvalue weighted by molar-refractivity contribution is -0.140. The summed E-state index contributed by atoms with van der Waals surface area (Å²) in [5, 5.41) is 2.94. The van der Waals surface area contributed by atoms with Crippen LogP contribution < -0.4 is 19.1 Å². The lowest BCUT2D eigenvalue weighted by Crippen LogP contribution is -2.53. The molecule has 0 spiro atoms. The standard InChI is InChI=1S/C31H39N3O6S/c1-6-18-32-31(36)28(19-24-13-8-7-9-14-24)33(21-25-15-11-10-12-23(25)2)30(35)22-34(41(5,37)38)27-17-16-26(39-3)20-29(27)40-4/h7-17,20,28H,6,18-19,21-22H2,1-5H3,(H,32,36)/t28-/m1/s1. The molecule has 0 aliphatic heterocycles. The zero-order chi connectivity index (χ0) is 30.0. The number of benzene rings is 3. The first-order chi connectivity index (χ1) is 19.6. The van der Waals surface area contributed by atoms with E-state index in [-0.39, 0.29) is 30.3 Å². The van der Waals surface area contributed by atoms with Crippen LogP contribution in [-0.2, 0) is 32.6 Å². The van der Waals surface area contributed by atoms with Crippen LogP contribution in [0, 0.1) is 6.92 Å². The highest BCUT2D eigenvalue weighted by molar-refractivity contribution is 7.92. The van der Waals surface area contributed by atoms with E-state index in [1.165, 1.54) is 25.2 Å². The summed E-state index contributed by atoms with van der Waals surface area (Å²) in [6, 6.07) is 20.9. The van der Waals surface area contributed by atoms with Gasteiger partial charge in [-0.05, 0) is 42.2 Å². The van der Waals surface area contributed by atoms with E-state index >= 15 is 0 Å². The first kappa shape index (κ1) is 31.5. The Morgan fingerprint density at radius 1 is 0.951 bits per heavy atom. The number of nitrogens with one attached hydrogen (secondary N) is 1. The van der Waals surface area contributed by atoms with Crippen LogP contribution in [0.2, 0.25) is 0 Å². The molecule has 3 aromatic rings. The third-order valence-corrected chi connectivity index (χ3v) is 7.88. The van der Waals surface area contributed by atoms with Gasteiger partial charge in [-0.25, -0.2) is 8.42 Å².